The van der Waals surface area contributed by atoms with E-state index in [2.05, 4.69) is 5.32 Å². The third-order valence-electron chi connectivity index (χ3n) is 4.72. The molecule has 2 N–H and O–H groups in total. The Labute approximate surface area is 153 Å². The summed E-state index contributed by atoms with van der Waals surface area (Å²) in [4.78, 5) is 13.5. The summed E-state index contributed by atoms with van der Waals surface area (Å²) in [5, 5.41) is 13.0. The number of rotatable bonds is 4. The first-order chi connectivity index (χ1) is 12.3. The van der Waals surface area contributed by atoms with Crippen LogP contribution in [-0.4, -0.2) is 54.1 Å². The van der Waals surface area contributed by atoms with Crippen LogP contribution in [0.2, 0.25) is 0 Å². The zero-order valence-corrected chi connectivity index (χ0v) is 15.1. The van der Waals surface area contributed by atoms with Crippen LogP contribution in [0.5, 0.6) is 11.5 Å². The lowest BCUT2D eigenvalue weighted by Gasteiger charge is -2.34. The number of thioether (sulfide) groups is 1. The van der Waals surface area contributed by atoms with E-state index in [4.69, 9.17) is 4.74 Å². The molecule has 2 aliphatic heterocycles. The molecule has 3 unspecified atom stereocenters. The molecule has 1 amide bonds. The number of carbonyl (C=O) groups excluding carboxylic acids is 1. The second kappa shape index (κ2) is 7.56. The van der Waals surface area contributed by atoms with E-state index in [1.165, 1.54) is 12.0 Å². The van der Waals surface area contributed by atoms with Gasteiger partial charge in [0.25, 0.3) is 0 Å². The lowest BCUT2D eigenvalue weighted by atomic mass is 9.96. The van der Waals surface area contributed by atoms with Crippen molar-refractivity contribution in [3.8, 4) is 11.5 Å². The van der Waals surface area contributed by atoms with Gasteiger partial charge in [-0.25, -0.2) is 0 Å². The van der Waals surface area contributed by atoms with Crippen molar-refractivity contribution in [2.24, 2.45) is 5.92 Å². The van der Waals surface area contributed by atoms with E-state index in [0.717, 1.165) is 5.56 Å². The highest BCUT2D eigenvalue weighted by Crippen LogP contribution is 2.38. The average Bonchev–Trinajstić information content (AvgIpc) is 3.04. The molecule has 2 saturated heterocycles. The molecule has 0 aliphatic carbocycles. The molecule has 2 heterocycles. The van der Waals surface area contributed by atoms with Gasteiger partial charge in [-0.15, -0.1) is 11.8 Å². The predicted molar refractivity (Wildman–Crippen MR) is 92.1 cm³/mol. The highest BCUT2D eigenvalue weighted by Gasteiger charge is 2.48. The zero-order valence-electron chi connectivity index (χ0n) is 14.3. The summed E-state index contributed by atoms with van der Waals surface area (Å²) >= 11 is 1.62. The minimum Gasteiger partial charge on any atom is -0.504 e. The number of hydrogen-bond acceptors (Lipinski definition) is 5. The third kappa shape index (κ3) is 4.03. The Morgan fingerprint density at radius 3 is 2.88 bits per heavy atom. The number of nitrogens with zero attached hydrogens (tertiary/aromatic N) is 1. The number of phenolic OH excluding ortho intramolecular Hbond substituents is 1. The van der Waals surface area contributed by atoms with Crippen molar-refractivity contribution in [2.75, 3.05) is 26.0 Å². The minimum atomic E-state index is -4.47. The second-order valence-corrected chi connectivity index (χ2v) is 7.67. The molecule has 0 saturated carbocycles. The molecule has 144 valence electrons. The standard InChI is InChI=1S/C17H21F3N2O3S/c1-25-14-7-10(4-5-13(14)23)15-21-11(9-26-15)8-22-6-2-3-12(16(22)24)17(18,19)20/h4-5,7,11-12,15,21,23H,2-3,6,8-9H2,1H3. The van der Waals surface area contributed by atoms with Crippen molar-refractivity contribution in [1.82, 2.24) is 10.2 Å². The molecule has 2 aliphatic rings. The summed E-state index contributed by atoms with van der Waals surface area (Å²) in [6, 6.07) is 4.97. The Hall–Kier alpha value is -1.61. The van der Waals surface area contributed by atoms with Crippen molar-refractivity contribution in [3.63, 3.8) is 0 Å². The molecule has 1 aromatic carbocycles. The third-order valence-corrected chi connectivity index (χ3v) is 6.06. The number of amides is 1. The Bertz CT molecular complexity index is 671. The first kappa shape index (κ1) is 19.2. The lowest BCUT2D eigenvalue weighted by Crippen LogP contribution is -2.51. The van der Waals surface area contributed by atoms with E-state index in [-0.39, 0.29) is 30.1 Å². The average molecular weight is 390 g/mol. The number of benzene rings is 1. The van der Waals surface area contributed by atoms with Crippen LogP contribution in [0.4, 0.5) is 13.2 Å². The summed E-state index contributed by atoms with van der Waals surface area (Å²) in [5.74, 6) is -1.58. The van der Waals surface area contributed by atoms with E-state index in [0.29, 0.717) is 24.5 Å². The summed E-state index contributed by atoms with van der Waals surface area (Å²) in [7, 11) is 1.47. The topological polar surface area (TPSA) is 61.8 Å². The molecule has 0 spiro atoms. The number of carbonyl (C=O) groups is 1. The maximum absolute atomic E-state index is 13.0. The number of phenols is 1. The molecular formula is C17H21F3N2O3S. The van der Waals surface area contributed by atoms with Crippen LogP contribution in [0, 0.1) is 5.92 Å². The summed E-state index contributed by atoms with van der Waals surface area (Å²) < 4.78 is 44.0. The fourth-order valence-corrected chi connectivity index (χ4v) is 4.62. The zero-order chi connectivity index (χ0) is 18.9. The fourth-order valence-electron chi connectivity index (χ4n) is 3.37. The molecule has 0 aromatic heterocycles. The molecule has 9 heteroatoms. The molecule has 0 bridgehead atoms. The Morgan fingerprint density at radius 2 is 2.19 bits per heavy atom. The van der Waals surface area contributed by atoms with E-state index >= 15 is 0 Å². The van der Waals surface area contributed by atoms with Crippen LogP contribution in [-0.2, 0) is 4.79 Å². The fraction of sp³-hybridized carbons (Fsp3) is 0.588. The van der Waals surface area contributed by atoms with Gasteiger partial charge in [-0.2, -0.15) is 13.2 Å². The Kier molecular flexibility index (Phi) is 5.57. The van der Waals surface area contributed by atoms with Gasteiger partial charge in [0.1, 0.15) is 5.92 Å². The number of methoxy groups -OCH3 is 1. The highest BCUT2D eigenvalue weighted by atomic mass is 32.2. The summed E-state index contributed by atoms with van der Waals surface area (Å²) in [5.41, 5.74) is 0.908. The molecule has 0 radical (unpaired) electrons. The van der Waals surface area contributed by atoms with Crippen molar-refractivity contribution in [3.05, 3.63) is 23.8 Å². The molecule has 26 heavy (non-hydrogen) atoms. The first-order valence-corrected chi connectivity index (χ1v) is 9.44. The van der Waals surface area contributed by atoms with Crippen LogP contribution in [0.1, 0.15) is 23.8 Å². The SMILES string of the molecule is COc1cc(C2NC(CN3CCCC(C(F)(F)F)C3=O)CS2)ccc1O. The molecule has 3 atom stereocenters. The van der Waals surface area contributed by atoms with Gasteiger partial charge in [0.05, 0.1) is 12.5 Å². The quantitative estimate of drug-likeness (QED) is 0.828. The maximum Gasteiger partial charge on any atom is 0.400 e. The van der Waals surface area contributed by atoms with Crippen LogP contribution in [0.15, 0.2) is 18.2 Å². The van der Waals surface area contributed by atoms with Gasteiger partial charge in [-0.3, -0.25) is 10.1 Å². The van der Waals surface area contributed by atoms with Crippen LogP contribution < -0.4 is 10.1 Å². The predicted octanol–water partition coefficient (Wildman–Crippen LogP) is 2.91. The largest absolute Gasteiger partial charge is 0.504 e. The van der Waals surface area contributed by atoms with E-state index in [9.17, 15) is 23.1 Å². The normalized spacial score (nSPS) is 27.0. The number of hydrogen-bond donors (Lipinski definition) is 2. The maximum atomic E-state index is 13.0. The molecule has 1 aromatic rings. The molecule has 2 fully saturated rings. The summed E-state index contributed by atoms with van der Waals surface area (Å²) in [6.07, 6.45) is -4.23. The lowest BCUT2D eigenvalue weighted by molar-refractivity contribution is -0.195. The van der Waals surface area contributed by atoms with Gasteiger partial charge in [0.2, 0.25) is 5.91 Å². The number of nitrogens with one attached hydrogen (secondary N) is 1. The van der Waals surface area contributed by atoms with Crippen molar-refractivity contribution < 1.29 is 27.8 Å². The van der Waals surface area contributed by atoms with Crippen LogP contribution in [0.25, 0.3) is 0 Å². The smallest absolute Gasteiger partial charge is 0.400 e. The Morgan fingerprint density at radius 1 is 1.42 bits per heavy atom. The van der Waals surface area contributed by atoms with Crippen molar-refractivity contribution in [1.29, 1.82) is 0 Å². The highest BCUT2D eigenvalue weighted by molar-refractivity contribution is 7.99. The minimum absolute atomic E-state index is 0.0490. The second-order valence-electron chi connectivity index (χ2n) is 6.53. The van der Waals surface area contributed by atoms with Crippen LogP contribution in [0.3, 0.4) is 0 Å². The number of likely N-dealkylation sites (tertiary alicyclic amines) is 1. The van der Waals surface area contributed by atoms with Gasteiger partial charge in [-0.05, 0) is 30.5 Å². The first-order valence-electron chi connectivity index (χ1n) is 8.39. The van der Waals surface area contributed by atoms with Gasteiger partial charge >= 0.3 is 6.18 Å². The number of halogens is 3. The monoisotopic (exact) mass is 390 g/mol. The van der Waals surface area contributed by atoms with E-state index in [1.807, 2.05) is 0 Å². The van der Waals surface area contributed by atoms with E-state index < -0.39 is 18.0 Å². The van der Waals surface area contributed by atoms with Gasteiger partial charge in [0, 0.05) is 24.9 Å². The van der Waals surface area contributed by atoms with Crippen molar-refractivity contribution in [2.45, 2.75) is 30.4 Å². The van der Waals surface area contributed by atoms with Gasteiger partial charge in [-0.1, -0.05) is 6.07 Å². The molecule has 3 rings (SSSR count). The Balaban J connectivity index is 1.62. The molecule has 5 nitrogen and oxygen atoms in total. The van der Waals surface area contributed by atoms with Crippen LogP contribution >= 0.6 is 11.8 Å². The number of aromatic hydroxyl groups is 1. The molecular weight excluding hydrogens is 369 g/mol. The number of piperidine rings is 1. The van der Waals surface area contributed by atoms with Crippen molar-refractivity contribution >= 4 is 17.7 Å². The van der Waals surface area contributed by atoms with Gasteiger partial charge in [0.15, 0.2) is 11.5 Å². The summed E-state index contributed by atoms with van der Waals surface area (Å²) in [6.45, 7) is 0.635. The number of alkyl halides is 3. The van der Waals surface area contributed by atoms with Gasteiger partial charge < -0.3 is 14.7 Å². The van der Waals surface area contributed by atoms with E-state index in [1.54, 1.807) is 30.0 Å². The number of ether oxygens (including phenoxy) is 1.